The molecule has 0 aromatic heterocycles. The van der Waals surface area contributed by atoms with Crippen molar-refractivity contribution in [1.29, 1.82) is 0 Å². The SMILES string of the molecule is CC(C)Sc1ccccc1NC(=O)CNCC1CC1. The predicted molar refractivity (Wildman–Crippen MR) is 81.7 cm³/mol. The van der Waals surface area contributed by atoms with E-state index in [0.717, 1.165) is 23.0 Å². The fraction of sp³-hybridized carbons (Fsp3) is 0.533. The number of carbonyl (C=O) groups is 1. The van der Waals surface area contributed by atoms with Crippen molar-refractivity contribution in [3.8, 4) is 0 Å². The van der Waals surface area contributed by atoms with E-state index in [-0.39, 0.29) is 5.91 Å². The van der Waals surface area contributed by atoms with Gasteiger partial charge in [0.25, 0.3) is 0 Å². The van der Waals surface area contributed by atoms with E-state index in [1.807, 2.05) is 18.2 Å². The zero-order valence-corrected chi connectivity index (χ0v) is 12.4. The van der Waals surface area contributed by atoms with Crippen LogP contribution in [0.1, 0.15) is 26.7 Å². The molecular formula is C15H22N2OS. The fourth-order valence-corrected chi connectivity index (χ4v) is 2.74. The maximum atomic E-state index is 11.9. The van der Waals surface area contributed by atoms with E-state index in [0.29, 0.717) is 11.8 Å². The van der Waals surface area contributed by atoms with E-state index in [1.54, 1.807) is 11.8 Å². The first-order chi connectivity index (χ1) is 9.15. The Morgan fingerprint density at radius 1 is 1.37 bits per heavy atom. The minimum atomic E-state index is 0.0393. The van der Waals surface area contributed by atoms with Gasteiger partial charge in [0.15, 0.2) is 0 Å². The number of rotatable bonds is 7. The molecule has 1 fully saturated rings. The highest BCUT2D eigenvalue weighted by molar-refractivity contribution is 8.00. The molecule has 1 amide bonds. The van der Waals surface area contributed by atoms with Crippen molar-refractivity contribution in [1.82, 2.24) is 5.32 Å². The van der Waals surface area contributed by atoms with Crippen LogP contribution in [0.4, 0.5) is 5.69 Å². The average Bonchev–Trinajstić information content (AvgIpc) is 3.15. The molecule has 1 aliphatic rings. The summed E-state index contributed by atoms with van der Waals surface area (Å²) in [6.45, 7) is 5.67. The van der Waals surface area contributed by atoms with Crippen LogP contribution in [0.5, 0.6) is 0 Å². The van der Waals surface area contributed by atoms with Gasteiger partial charge >= 0.3 is 0 Å². The molecule has 1 aliphatic carbocycles. The lowest BCUT2D eigenvalue weighted by molar-refractivity contribution is -0.115. The number of benzene rings is 1. The summed E-state index contributed by atoms with van der Waals surface area (Å²) in [6.07, 6.45) is 2.62. The van der Waals surface area contributed by atoms with Gasteiger partial charge in [0, 0.05) is 10.1 Å². The zero-order chi connectivity index (χ0) is 13.7. The van der Waals surface area contributed by atoms with E-state index in [9.17, 15) is 4.79 Å². The van der Waals surface area contributed by atoms with Gasteiger partial charge in [-0.25, -0.2) is 0 Å². The van der Waals surface area contributed by atoms with Crippen LogP contribution >= 0.6 is 11.8 Å². The van der Waals surface area contributed by atoms with Gasteiger partial charge in [-0.3, -0.25) is 4.79 Å². The van der Waals surface area contributed by atoms with Crippen LogP contribution in [0.3, 0.4) is 0 Å². The lowest BCUT2D eigenvalue weighted by atomic mass is 10.3. The van der Waals surface area contributed by atoms with E-state index in [1.165, 1.54) is 12.8 Å². The molecule has 0 spiro atoms. The molecule has 1 saturated carbocycles. The Kier molecular flexibility index (Phi) is 5.28. The molecule has 0 saturated heterocycles. The Morgan fingerprint density at radius 3 is 2.79 bits per heavy atom. The third-order valence-corrected chi connectivity index (χ3v) is 4.02. The number of thioether (sulfide) groups is 1. The summed E-state index contributed by atoms with van der Waals surface area (Å²) in [5.74, 6) is 0.842. The second-order valence-electron chi connectivity index (χ2n) is 5.29. The van der Waals surface area contributed by atoms with Crippen LogP contribution < -0.4 is 10.6 Å². The highest BCUT2D eigenvalue weighted by Gasteiger charge is 2.20. The number of carbonyl (C=O) groups excluding carboxylic acids is 1. The first-order valence-corrected chi connectivity index (χ1v) is 7.79. The van der Waals surface area contributed by atoms with Gasteiger partial charge in [0.05, 0.1) is 12.2 Å². The van der Waals surface area contributed by atoms with Gasteiger partial charge in [-0.15, -0.1) is 11.8 Å². The molecule has 3 nitrogen and oxygen atoms in total. The quantitative estimate of drug-likeness (QED) is 0.753. The van der Waals surface area contributed by atoms with Crippen molar-refractivity contribution < 1.29 is 4.79 Å². The maximum Gasteiger partial charge on any atom is 0.238 e. The van der Waals surface area contributed by atoms with Crippen LogP contribution in [0, 0.1) is 5.92 Å². The Bertz CT molecular complexity index is 430. The minimum absolute atomic E-state index is 0.0393. The van der Waals surface area contributed by atoms with Crippen LogP contribution in [0.25, 0.3) is 0 Å². The smallest absolute Gasteiger partial charge is 0.238 e. The number of nitrogens with one attached hydrogen (secondary N) is 2. The van der Waals surface area contributed by atoms with E-state index >= 15 is 0 Å². The number of para-hydroxylation sites is 1. The molecule has 1 aromatic carbocycles. The molecule has 0 aliphatic heterocycles. The van der Waals surface area contributed by atoms with E-state index in [4.69, 9.17) is 0 Å². The summed E-state index contributed by atoms with van der Waals surface area (Å²) in [5.41, 5.74) is 0.916. The van der Waals surface area contributed by atoms with E-state index in [2.05, 4.69) is 30.5 Å². The molecule has 0 atom stereocenters. The first kappa shape index (κ1) is 14.4. The Labute approximate surface area is 119 Å². The highest BCUT2D eigenvalue weighted by Crippen LogP contribution is 2.30. The van der Waals surface area contributed by atoms with Crippen LogP contribution in [-0.4, -0.2) is 24.2 Å². The number of hydrogen-bond donors (Lipinski definition) is 2. The molecular weight excluding hydrogens is 256 g/mol. The van der Waals surface area contributed by atoms with Gasteiger partial charge < -0.3 is 10.6 Å². The largest absolute Gasteiger partial charge is 0.324 e. The van der Waals surface area contributed by atoms with Crippen LogP contribution in [0.15, 0.2) is 29.2 Å². The second-order valence-corrected chi connectivity index (χ2v) is 6.90. The molecule has 0 heterocycles. The number of anilines is 1. The van der Waals surface area contributed by atoms with Crippen molar-refractivity contribution in [2.45, 2.75) is 36.8 Å². The molecule has 0 unspecified atom stereocenters. The van der Waals surface area contributed by atoms with Gasteiger partial charge in [-0.2, -0.15) is 0 Å². The number of amides is 1. The molecule has 0 bridgehead atoms. The summed E-state index contributed by atoms with van der Waals surface area (Å²) < 4.78 is 0. The summed E-state index contributed by atoms with van der Waals surface area (Å²) in [4.78, 5) is 13.0. The summed E-state index contributed by atoms with van der Waals surface area (Å²) >= 11 is 1.77. The summed E-state index contributed by atoms with van der Waals surface area (Å²) in [6, 6.07) is 7.98. The van der Waals surface area contributed by atoms with E-state index < -0.39 is 0 Å². The van der Waals surface area contributed by atoms with Crippen molar-refractivity contribution in [2.24, 2.45) is 5.92 Å². The van der Waals surface area contributed by atoms with Gasteiger partial charge in [-0.05, 0) is 37.4 Å². The maximum absolute atomic E-state index is 11.9. The lowest BCUT2D eigenvalue weighted by Crippen LogP contribution is -2.29. The Balaban J connectivity index is 1.84. The van der Waals surface area contributed by atoms with Crippen LogP contribution in [-0.2, 0) is 4.79 Å². The Morgan fingerprint density at radius 2 is 2.11 bits per heavy atom. The monoisotopic (exact) mass is 278 g/mol. The zero-order valence-electron chi connectivity index (χ0n) is 11.6. The van der Waals surface area contributed by atoms with Crippen molar-refractivity contribution in [3.63, 3.8) is 0 Å². The standard InChI is InChI=1S/C15H22N2OS/c1-11(2)19-14-6-4-3-5-13(14)17-15(18)10-16-9-12-7-8-12/h3-6,11-12,16H,7-10H2,1-2H3,(H,17,18). The van der Waals surface area contributed by atoms with Gasteiger partial charge in [0.2, 0.25) is 5.91 Å². The second kappa shape index (κ2) is 6.96. The molecule has 0 radical (unpaired) electrons. The normalized spacial score (nSPS) is 14.7. The molecule has 1 aromatic rings. The third kappa shape index (κ3) is 5.25. The number of hydrogen-bond acceptors (Lipinski definition) is 3. The fourth-order valence-electron chi connectivity index (χ4n) is 1.83. The minimum Gasteiger partial charge on any atom is -0.324 e. The molecule has 2 N–H and O–H groups in total. The van der Waals surface area contributed by atoms with Crippen molar-refractivity contribution in [3.05, 3.63) is 24.3 Å². The summed E-state index contributed by atoms with van der Waals surface area (Å²) in [5, 5.41) is 6.70. The first-order valence-electron chi connectivity index (χ1n) is 6.91. The third-order valence-electron chi connectivity index (χ3n) is 2.94. The summed E-state index contributed by atoms with van der Waals surface area (Å²) in [7, 11) is 0. The molecule has 19 heavy (non-hydrogen) atoms. The molecule has 2 rings (SSSR count). The van der Waals surface area contributed by atoms with Crippen molar-refractivity contribution >= 4 is 23.4 Å². The van der Waals surface area contributed by atoms with Crippen molar-refractivity contribution in [2.75, 3.05) is 18.4 Å². The topological polar surface area (TPSA) is 41.1 Å². The predicted octanol–water partition coefficient (Wildman–Crippen LogP) is 3.13. The van der Waals surface area contributed by atoms with Gasteiger partial charge in [-0.1, -0.05) is 26.0 Å². The van der Waals surface area contributed by atoms with Crippen LogP contribution in [0.2, 0.25) is 0 Å². The lowest BCUT2D eigenvalue weighted by Gasteiger charge is -2.12. The van der Waals surface area contributed by atoms with Gasteiger partial charge in [0.1, 0.15) is 0 Å². The average molecular weight is 278 g/mol. The Hall–Kier alpha value is -1.00. The molecule has 104 valence electrons. The highest BCUT2D eigenvalue weighted by atomic mass is 32.2. The molecule has 4 heteroatoms.